The Morgan fingerprint density at radius 1 is 1.19 bits per heavy atom. The molecule has 1 saturated carbocycles. The Labute approximate surface area is 157 Å². The van der Waals surface area contributed by atoms with Gasteiger partial charge in [-0.1, -0.05) is 32.1 Å². The first-order chi connectivity index (χ1) is 12.6. The van der Waals surface area contributed by atoms with Crippen molar-refractivity contribution in [2.24, 2.45) is 23.3 Å². The molecule has 7 nitrogen and oxygen atoms in total. The molecule has 1 aliphatic carbocycles. The average molecular weight is 369 g/mol. The fourth-order valence-electron chi connectivity index (χ4n) is 4.59. The lowest BCUT2D eigenvalue weighted by Gasteiger charge is -2.42. The second-order valence-electron chi connectivity index (χ2n) is 8.43. The Morgan fingerprint density at radius 2 is 1.92 bits per heavy atom. The van der Waals surface area contributed by atoms with E-state index in [0.717, 1.165) is 25.4 Å². The first-order valence-electron chi connectivity index (χ1n) is 10.3. The molecule has 3 aliphatic rings. The van der Waals surface area contributed by atoms with Crippen LogP contribution in [0.4, 0.5) is 0 Å². The van der Waals surface area contributed by atoms with Crippen molar-refractivity contribution < 1.29 is 14.4 Å². The van der Waals surface area contributed by atoms with Crippen molar-refractivity contribution in [3.8, 4) is 0 Å². The van der Waals surface area contributed by atoms with Gasteiger partial charge in [-0.2, -0.15) is 5.48 Å². The molecule has 2 saturated heterocycles. The summed E-state index contributed by atoms with van der Waals surface area (Å²) in [6, 6.07) is -0.408. The molecule has 1 amide bonds. The molecule has 4 unspecified atom stereocenters. The van der Waals surface area contributed by atoms with E-state index in [2.05, 4.69) is 5.48 Å². The second-order valence-corrected chi connectivity index (χ2v) is 8.43. The van der Waals surface area contributed by atoms with Crippen molar-refractivity contribution in [3.05, 3.63) is 0 Å². The summed E-state index contributed by atoms with van der Waals surface area (Å²) in [6.45, 7) is 1.82. The number of nitrogens with one attached hydrogen (secondary N) is 1. The van der Waals surface area contributed by atoms with Gasteiger partial charge in [0, 0.05) is 32.7 Å². The third-order valence-electron chi connectivity index (χ3n) is 6.35. The smallest absolute Gasteiger partial charge is 0.242 e. The van der Waals surface area contributed by atoms with Crippen LogP contribution in [0.25, 0.3) is 0 Å². The highest BCUT2D eigenvalue weighted by atomic mass is 16.7. The summed E-state index contributed by atoms with van der Waals surface area (Å²) in [4.78, 5) is 20.2. The number of nitrogens with two attached hydrogens (primary N) is 2. The maximum atomic E-state index is 12.6. The number of nitrogens with zero attached hydrogens (tertiary/aromatic N) is 1. The molecule has 2 heterocycles. The number of carbonyl (C=O) groups excluding carboxylic acids is 1. The zero-order valence-corrected chi connectivity index (χ0v) is 16.1. The third-order valence-corrected chi connectivity index (χ3v) is 6.35. The third kappa shape index (κ3) is 5.16. The summed E-state index contributed by atoms with van der Waals surface area (Å²) in [5.41, 5.74) is 14.8. The highest BCUT2D eigenvalue weighted by Gasteiger charge is 2.40. The molecule has 3 rings (SSSR count). The maximum absolute atomic E-state index is 12.6. The Morgan fingerprint density at radius 3 is 2.62 bits per heavy atom. The number of hydrogen-bond acceptors (Lipinski definition) is 6. The Balaban J connectivity index is 1.34. The van der Waals surface area contributed by atoms with Gasteiger partial charge in [0.05, 0.1) is 6.10 Å². The van der Waals surface area contributed by atoms with E-state index in [0.29, 0.717) is 18.8 Å². The van der Waals surface area contributed by atoms with Crippen LogP contribution < -0.4 is 16.9 Å². The summed E-state index contributed by atoms with van der Waals surface area (Å²) >= 11 is 0. The van der Waals surface area contributed by atoms with Crippen LogP contribution in [0.3, 0.4) is 0 Å². The van der Waals surface area contributed by atoms with Crippen LogP contribution in [0.15, 0.2) is 0 Å². The standard InChI is InChI=1S/C19H36N4O3/c1-25-18(21)8-7-15(20)17-10-16(22-26-17)19(24)23-11-14(12-23)9-13-5-3-2-4-6-13/h13-18,22H,2-12,20-21H2,1H3. The molecule has 3 fully saturated rings. The van der Waals surface area contributed by atoms with E-state index in [1.165, 1.54) is 38.5 Å². The normalized spacial score (nSPS) is 30.2. The summed E-state index contributed by atoms with van der Waals surface area (Å²) in [7, 11) is 1.59. The molecule has 4 atom stereocenters. The Bertz CT molecular complexity index is 452. The van der Waals surface area contributed by atoms with Gasteiger partial charge in [0.15, 0.2) is 0 Å². The minimum Gasteiger partial charge on any atom is -0.367 e. The lowest BCUT2D eigenvalue weighted by atomic mass is 9.80. The van der Waals surface area contributed by atoms with Crippen molar-refractivity contribution in [1.29, 1.82) is 0 Å². The van der Waals surface area contributed by atoms with Gasteiger partial charge in [-0.3, -0.25) is 9.63 Å². The lowest BCUT2D eigenvalue weighted by molar-refractivity contribution is -0.141. The Hall–Kier alpha value is -0.730. The molecule has 7 heteroatoms. The molecule has 5 N–H and O–H groups in total. The van der Waals surface area contributed by atoms with E-state index in [-0.39, 0.29) is 30.3 Å². The van der Waals surface area contributed by atoms with Gasteiger partial charge in [0.25, 0.3) is 0 Å². The molecule has 2 aliphatic heterocycles. The SMILES string of the molecule is COC(N)CCC(N)C1CC(C(=O)N2CC(CC3CCCCC3)C2)NO1. The van der Waals surface area contributed by atoms with Crippen LogP contribution in [0, 0.1) is 11.8 Å². The number of likely N-dealkylation sites (tertiary alicyclic amines) is 1. The zero-order chi connectivity index (χ0) is 18.5. The summed E-state index contributed by atoms with van der Waals surface area (Å²) in [5.74, 6) is 1.74. The molecule has 0 bridgehead atoms. The van der Waals surface area contributed by atoms with Gasteiger partial charge in [0.2, 0.25) is 5.91 Å². The minimum atomic E-state index is -0.296. The minimum absolute atomic E-state index is 0.142. The van der Waals surface area contributed by atoms with Crippen LogP contribution in [0.2, 0.25) is 0 Å². The zero-order valence-electron chi connectivity index (χ0n) is 16.1. The van der Waals surface area contributed by atoms with Crippen LogP contribution in [0.5, 0.6) is 0 Å². The van der Waals surface area contributed by atoms with Crippen LogP contribution in [-0.2, 0) is 14.4 Å². The predicted molar refractivity (Wildman–Crippen MR) is 99.9 cm³/mol. The molecular weight excluding hydrogens is 332 g/mol. The number of carbonyl (C=O) groups is 1. The lowest BCUT2D eigenvalue weighted by Crippen LogP contribution is -2.55. The topological polar surface area (TPSA) is 103 Å². The van der Waals surface area contributed by atoms with Gasteiger partial charge in [-0.25, -0.2) is 0 Å². The number of amides is 1. The van der Waals surface area contributed by atoms with Crippen LogP contribution in [-0.4, -0.2) is 55.4 Å². The van der Waals surface area contributed by atoms with E-state index < -0.39 is 0 Å². The molecule has 150 valence electrons. The van der Waals surface area contributed by atoms with Crippen molar-refractivity contribution >= 4 is 5.91 Å². The molecule has 0 aromatic carbocycles. The molecule has 0 aromatic rings. The van der Waals surface area contributed by atoms with Gasteiger partial charge in [-0.05, 0) is 31.1 Å². The number of ether oxygens (including phenoxy) is 1. The summed E-state index contributed by atoms with van der Waals surface area (Å²) in [6.07, 6.45) is 9.84. The van der Waals surface area contributed by atoms with Crippen molar-refractivity contribution in [1.82, 2.24) is 10.4 Å². The van der Waals surface area contributed by atoms with Crippen LogP contribution in [0.1, 0.15) is 57.8 Å². The first kappa shape index (κ1) is 20.0. The number of methoxy groups -OCH3 is 1. The van der Waals surface area contributed by atoms with Crippen molar-refractivity contribution in [2.75, 3.05) is 20.2 Å². The quantitative estimate of drug-likeness (QED) is 0.555. The molecule has 0 radical (unpaired) electrons. The van der Waals surface area contributed by atoms with Gasteiger partial charge >= 0.3 is 0 Å². The van der Waals surface area contributed by atoms with E-state index in [1.807, 2.05) is 4.90 Å². The Kier molecular flexibility index (Phi) is 7.28. The molecular formula is C19H36N4O3. The second kappa shape index (κ2) is 9.46. The summed E-state index contributed by atoms with van der Waals surface area (Å²) in [5, 5.41) is 0. The number of rotatable bonds is 8. The van der Waals surface area contributed by atoms with E-state index in [4.69, 9.17) is 21.0 Å². The first-order valence-corrected chi connectivity index (χ1v) is 10.3. The average Bonchev–Trinajstić information content (AvgIpc) is 3.12. The highest BCUT2D eigenvalue weighted by Crippen LogP contribution is 2.33. The summed E-state index contributed by atoms with van der Waals surface area (Å²) < 4.78 is 5.05. The molecule has 0 aromatic heterocycles. The maximum Gasteiger partial charge on any atom is 0.242 e. The predicted octanol–water partition coefficient (Wildman–Crippen LogP) is 1.12. The molecule has 0 spiro atoms. The number of hydroxylamine groups is 1. The molecule has 26 heavy (non-hydrogen) atoms. The monoisotopic (exact) mass is 368 g/mol. The van der Waals surface area contributed by atoms with Gasteiger partial charge in [0.1, 0.15) is 12.3 Å². The fourth-order valence-corrected chi connectivity index (χ4v) is 4.59. The van der Waals surface area contributed by atoms with Crippen molar-refractivity contribution in [2.45, 2.75) is 82.2 Å². The largest absolute Gasteiger partial charge is 0.367 e. The van der Waals surface area contributed by atoms with E-state index in [1.54, 1.807) is 7.11 Å². The van der Waals surface area contributed by atoms with Crippen molar-refractivity contribution in [3.63, 3.8) is 0 Å². The van der Waals surface area contributed by atoms with Gasteiger partial charge in [-0.15, -0.1) is 0 Å². The fraction of sp³-hybridized carbons (Fsp3) is 0.947. The van der Waals surface area contributed by atoms with E-state index >= 15 is 0 Å². The van der Waals surface area contributed by atoms with E-state index in [9.17, 15) is 4.79 Å². The highest BCUT2D eigenvalue weighted by molar-refractivity contribution is 5.82. The van der Waals surface area contributed by atoms with Crippen LogP contribution >= 0.6 is 0 Å². The van der Waals surface area contributed by atoms with Gasteiger partial charge < -0.3 is 21.1 Å². The number of hydrogen-bond donors (Lipinski definition) is 3.